The number of nitrogens with one attached hydrogen (secondary N) is 1. The molecule has 4 heteroatoms. The lowest BCUT2D eigenvalue weighted by molar-refractivity contribution is 0.286. The Morgan fingerprint density at radius 3 is 3.00 bits per heavy atom. The molecule has 0 aliphatic rings. The van der Waals surface area contributed by atoms with Gasteiger partial charge in [-0.15, -0.1) is 0 Å². The Bertz CT molecular complexity index is 224. The third-order valence-electron chi connectivity index (χ3n) is 0.933. The van der Waals surface area contributed by atoms with E-state index < -0.39 is 5.76 Å². The first-order valence-electron chi connectivity index (χ1n) is 2.61. The second-order valence-electron chi connectivity index (χ2n) is 1.62. The van der Waals surface area contributed by atoms with E-state index in [1.165, 1.54) is 6.20 Å². The van der Waals surface area contributed by atoms with E-state index in [0.29, 0.717) is 12.2 Å². The van der Waals surface area contributed by atoms with Gasteiger partial charge in [0, 0.05) is 12.6 Å². The summed E-state index contributed by atoms with van der Waals surface area (Å²) < 4.78 is 4.55. The van der Waals surface area contributed by atoms with Gasteiger partial charge in [0.15, 0.2) is 0 Å². The highest BCUT2D eigenvalue weighted by Gasteiger charge is 1.94. The number of rotatable bonds is 2. The van der Waals surface area contributed by atoms with Gasteiger partial charge in [-0.3, -0.25) is 4.98 Å². The van der Waals surface area contributed by atoms with Crippen LogP contribution in [0.1, 0.15) is 5.76 Å². The van der Waals surface area contributed by atoms with E-state index in [-0.39, 0.29) is 6.61 Å². The van der Waals surface area contributed by atoms with E-state index in [9.17, 15) is 4.79 Å². The largest absolute Gasteiger partial charge is 0.416 e. The summed E-state index contributed by atoms with van der Waals surface area (Å²) >= 11 is 0. The molecule has 1 rings (SSSR count). The predicted octanol–water partition coefficient (Wildman–Crippen LogP) is -0.497. The van der Waals surface area contributed by atoms with E-state index >= 15 is 0 Å². The number of aromatic amines is 1. The summed E-state index contributed by atoms with van der Waals surface area (Å²) in [4.78, 5) is 12.6. The highest BCUT2D eigenvalue weighted by atomic mass is 16.4. The number of oxazole rings is 1. The molecule has 1 aromatic rings. The van der Waals surface area contributed by atoms with Crippen molar-refractivity contribution in [1.82, 2.24) is 4.98 Å². The van der Waals surface area contributed by atoms with E-state index in [1.54, 1.807) is 0 Å². The van der Waals surface area contributed by atoms with E-state index in [4.69, 9.17) is 5.11 Å². The van der Waals surface area contributed by atoms with Crippen molar-refractivity contribution in [3.63, 3.8) is 0 Å². The fourth-order valence-corrected chi connectivity index (χ4v) is 0.551. The molecule has 1 aromatic heterocycles. The summed E-state index contributed by atoms with van der Waals surface area (Å²) in [6, 6.07) is 0. The molecule has 9 heavy (non-hydrogen) atoms. The summed E-state index contributed by atoms with van der Waals surface area (Å²) in [5.41, 5.74) is 0. The number of H-pyrrole nitrogens is 1. The van der Waals surface area contributed by atoms with Gasteiger partial charge in [0.2, 0.25) is 0 Å². The van der Waals surface area contributed by atoms with Gasteiger partial charge in [0.05, 0.1) is 6.61 Å². The fraction of sp³-hybridized carbons (Fsp3) is 0.400. The minimum atomic E-state index is -0.474. The average Bonchev–Trinajstić information content (AvgIpc) is 2.17. The van der Waals surface area contributed by atoms with Crippen LogP contribution < -0.4 is 5.76 Å². The molecular formula is C5H7NO3. The zero-order valence-electron chi connectivity index (χ0n) is 4.76. The van der Waals surface area contributed by atoms with Gasteiger partial charge in [0.25, 0.3) is 0 Å². The molecular weight excluding hydrogens is 122 g/mol. The highest BCUT2D eigenvalue weighted by molar-refractivity contribution is 4.87. The lowest BCUT2D eigenvalue weighted by Crippen LogP contribution is -1.93. The first kappa shape index (κ1) is 6.10. The van der Waals surface area contributed by atoms with Crippen LogP contribution in [0.2, 0.25) is 0 Å². The Kier molecular flexibility index (Phi) is 1.69. The van der Waals surface area contributed by atoms with Crippen molar-refractivity contribution in [2.45, 2.75) is 6.42 Å². The first-order valence-corrected chi connectivity index (χ1v) is 2.61. The Hall–Kier alpha value is -1.03. The third-order valence-corrected chi connectivity index (χ3v) is 0.933. The van der Waals surface area contributed by atoms with Crippen molar-refractivity contribution >= 4 is 0 Å². The molecule has 50 valence electrons. The maximum Gasteiger partial charge on any atom is 0.416 e. The predicted molar refractivity (Wildman–Crippen MR) is 30.1 cm³/mol. The maximum atomic E-state index is 10.3. The Labute approximate surface area is 51.1 Å². The maximum absolute atomic E-state index is 10.3. The molecule has 1 heterocycles. The Morgan fingerprint density at radius 1 is 1.78 bits per heavy atom. The number of hydrogen-bond acceptors (Lipinski definition) is 3. The van der Waals surface area contributed by atoms with Gasteiger partial charge >= 0.3 is 5.76 Å². The number of aromatic nitrogens is 1. The molecule has 0 saturated heterocycles. The van der Waals surface area contributed by atoms with Gasteiger partial charge in [-0.25, -0.2) is 4.79 Å². The lowest BCUT2D eigenvalue weighted by Gasteiger charge is -1.83. The van der Waals surface area contributed by atoms with Crippen LogP contribution in [0.5, 0.6) is 0 Å². The van der Waals surface area contributed by atoms with Crippen molar-refractivity contribution in [1.29, 1.82) is 0 Å². The summed E-state index contributed by atoms with van der Waals surface area (Å²) in [7, 11) is 0. The number of aliphatic hydroxyl groups excluding tert-OH is 1. The molecule has 0 saturated carbocycles. The Balaban J connectivity index is 2.73. The topological polar surface area (TPSA) is 66.2 Å². The molecule has 0 spiro atoms. The van der Waals surface area contributed by atoms with Crippen molar-refractivity contribution < 1.29 is 9.52 Å². The first-order chi connectivity index (χ1) is 4.33. The van der Waals surface area contributed by atoms with Crippen molar-refractivity contribution in [2.75, 3.05) is 6.61 Å². The van der Waals surface area contributed by atoms with Gasteiger partial charge in [0.1, 0.15) is 5.76 Å². The Morgan fingerprint density at radius 2 is 2.56 bits per heavy atom. The van der Waals surface area contributed by atoms with Crippen LogP contribution in [0, 0.1) is 0 Å². The van der Waals surface area contributed by atoms with E-state index in [1.807, 2.05) is 0 Å². The van der Waals surface area contributed by atoms with Crippen LogP contribution in [-0.4, -0.2) is 16.7 Å². The molecule has 0 atom stereocenters. The van der Waals surface area contributed by atoms with Crippen LogP contribution >= 0.6 is 0 Å². The van der Waals surface area contributed by atoms with Crippen LogP contribution in [-0.2, 0) is 6.42 Å². The monoisotopic (exact) mass is 129 g/mol. The van der Waals surface area contributed by atoms with Crippen molar-refractivity contribution in [3.05, 3.63) is 22.5 Å². The van der Waals surface area contributed by atoms with Crippen molar-refractivity contribution in [2.24, 2.45) is 0 Å². The standard InChI is InChI=1S/C5H7NO3/c7-2-1-4-3-6-5(8)9-4/h3,7H,1-2H2,(H,6,8). The summed E-state index contributed by atoms with van der Waals surface area (Å²) in [5, 5.41) is 8.35. The molecule has 0 amide bonds. The molecule has 0 fully saturated rings. The fourth-order valence-electron chi connectivity index (χ4n) is 0.551. The third kappa shape index (κ3) is 1.43. The lowest BCUT2D eigenvalue weighted by atomic mass is 10.4. The second kappa shape index (κ2) is 2.50. The number of aliphatic hydroxyl groups is 1. The smallest absolute Gasteiger partial charge is 0.413 e. The summed E-state index contributed by atoms with van der Waals surface area (Å²) in [6.45, 7) is 0.000787. The molecule has 0 radical (unpaired) electrons. The average molecular weight is 129 g/mol. The normalized spacial score (nSPS) is 9.89. The molecule has 0 bridgehead atoms. The SMILES string of the molecule is O=c1[nH]cc(CCO)o1. The molecule has 2 N–H and O–H groups in total. The highest BCUT2D eigenvalue weighted by Crippen LogP contribution is 1.91. The van der Waals surface area contributed by atoms with E-state index in [2.05, 4.69) is 9.40 Å². The summed E-state index contributed by atoms with van der Waals surface area (Å²) in [5.74, 6) is 0.0148. The second-order valence-corrected chi connectivity index (χ2v) is 1.62. The quantitative estimate of drug-likeness (QED) is 0.565. The number of hydrogen-bond donors (Lipinski definition) is 2. The minimum absolute atomic E-state index is 0.000787. The zero-order valence-corrected chi connectivity index (χ0v) is 4.76. The van der Waals surface area contributed by atoms with Gasteiger partial charge in [-0.2, -0.15) is 0 Å². The minimum Gasteiger partial charge on any atom is -0.413 e. The van der Waals surface area contributed by atoms with Crippen LogP contribution in [0.4, 0.5) is 0 Å². The van der Waals surface area contributed by atoms with Gasteiger partial charge < -0.3 is 9.52 Å². The van der Waals surface area contributed by atoms with Crippen LogP contribution in [0.3, 0.4) is 0 Å². The van der Waals surface area contributed by atoms with Gasteiger partial charge in [-0.1, -0.05) is 0 Å². The molecule has 0 aromatic carbocycles. The molecule has 4 nitrogen and oxygen atoms in total. The zero-order chi connectivity index (χ0) is 6.69. The van der Waals surface area contributed by atoms with Gasteiger partial charge in [-0.05, 0) is 0 Å². The molecule has 0 unspecified atom stereocenters. The van der Waals surface area contributed by atoms with E-state index in [0.717, 1.165) is 0 Å². The van der Waals surface area contributed by atoms with Crippen LogP contribution in [0.15, 0.2) is 15.4 Å². The molecule has 0 aliphatic carbocycles. The van der Waals surface area contributed by atoms with Crippen LogP contribution in [0.25, 0.3) is 0 Å². The summed E-state index contributed by atoms with van der Waals surface area (Å²) in [6.07, 6.45) is 1.83. The molecule has 0 aliphatic heterocycles. The van der Waals surface area contributed by atoms with Crippen molar-refractivity contribution in [3.8, 4) is 0 Å².